The normalized spacial score (nSPS) is 14.4. The summed E-state index contributed by atoms with van der Waals surface area (Å²) in [5.41, 5.74) is 1.26. The Labute approximate surface area is 109 Å². The van der Waals surface area contributed by atoms with Crippen LogP contribution in [-0.4, -0.2) is 23.7 Å². The van der Waals surface area contributed by atoms with Crippen molar-refractivity contribution in [3.05, 3.63) is 35.9 Å². The second kappa shape index (κ2) is 7.17. The molecular weight excluding hydrogens is 226 g/mol. The summed E-state index contributed by atoms with van der Waals surface area (Å²) in [5, 5.41) is 12.3. The van der Waals surface area contributed by atoms with Gasteiger partial charge in [-0.05, 0) is 23.8 Å². The maximum absolute atomic E-state index is 11.1. The summed E-state index contributed by atoms with van der Waals surface area (Å²) < 4.78 is 0. The lowest BCUT2D eigenvalue weighted by atomic mass is 9.95. The van der Waals surface area contributed by atoms with Crippen LogP contribution in [0.1, 0.15) is 38.7 Å². The Balaban J connectivity index is 2.62. The van der Waals surface area contributed by atoms with E-state index in [0.717, 1.165) is 6.42 Å². The first-order valence-corrected chi connectivity index (χ1v) is 6.57. The smallest absolute Gasteiger partial charge is 0.320 e. The van der Waals surface area contributed by atoms with Crippen molar-refractivity contribution in [1.29, 1.82) is 0 Å². The lowest BCUT2D eigenvalue weighted by molar-refractivity contribution is -0.140. The molecule has 100 valence electrons. The molecule has 3 heteroatoms. The third-order valence-corrected chi connectivity index (χ3v) is 3.28. The van der Waals surface area contributed by atoms with Crippen LogP contribution < -0.4 is 5.32 Å². The SMILES string of the molecule is CCC(CN[C@H](C(=O)O)C(C)C)c1ccccc1. The number of nitrogens with one attached hydrogen (secondary N) is 1. The van der Waals surface area contributed by atoms with E-state index in [-0.39, 0.29) is 5.92 Å². The van der Waals surface area contributed by atoms with Crippen LogP contribution in [0.25, 0.3) is 0 Å². The molecule has 0 fully saturated rings. The number of aliphatic carboxylic acids is 1. The predicted molar refractivity (Wildman–Crippen MR) is 73.7 cm³/mol. The van der Waals surface area contributed by atoms with Crippen molar-refractivity contribution in [3.63, 3.8) is 0 Å². The van der Waals surface area contributed by atoms with Gasteiger partial charge in [-0.1, -0.05) is 51.1 Å². The maximum Gasteiger partial charge on any atom is 0.320 e. The van der Waals surface area contributed by atoms with Gasteiger partial charge in [0.05, 0.1) is 0 Å². The third-order valence-electron chi connectivity index (χ3n) is 3.28. The van der Waals surface area contributed by atoms with Gasteiger partial charge in [0.15, 0.2) is 0 Å². The van der Waals surface area contributed by atoms with Crippen LogP contribution in [0.3, 0.4) is 0 Å². The highest BCUT2D eigenvalue weighted by Gasteiger charge is 2.22. The number of carboxylic acids is 1. The van der Waals surface area contributed by atoms with Crippen molar-refractivity contribution in [1.82, 2.24) is 5.32 Å². The van der Waals surface area contributed by atoms with Gasteiger partial charge >= 0.3 is 5.97 Å². The van der Waals surface area contributed by atoms with Crippen LogP contribution in [0.2, 0.25) is 0 Å². The fourth-order valence-corrected chi connectivity index (χ4v) is 2.10. The molecule has 0 bridgehead atoms. The van der Waals surface area contributed by atoms with Crippen LogP contribution in [0, 0.1) is 5.92 Å². The first kappa shape index (κ1) is 14.7. The fourth-order valence-electron chi connectivity index (χ4n) is 2.10. The van der Waals surface area contributed by atoms with Crippen LogP contribution in [0.5, 0.6) is 0 Å². The van der Waals surface area contributed by atoms with E-state index >= 15 is 0 Å². The lowest BCUT2D eigenvalue weighted by Gasteiger charge is -2.22. The lowest BCUT2D eigenvalue weighted by Crippen LogP contribution is -2.42. The van der Waals surface area contributed by atoms with Crippen LogP contribution in [0.15, 0.2) is 30.3 Å². The molecule has 2 N–H and O–H groups in total. The van der Waals surface area contributed by atoms with Crippen molar-refractivity contribution in [2.24, 2.45) is 5.92 Å². The number of benzene rings is 1. The van der Waals surface area contributed by atoms with Crippen molar-refractivity contribution >= 4 is 5.97 Å². The average Bonchev–Trinajstić information content (AvgIpc) is 2.34. The van der Waals surface area contributed by atoms with Gasteiger partial charge in [-0.2, -0.15) is 0 Å². The number of hydrogen-bond donors (Lipinski definition) is 2. The molecule has 1 unspecified atom stereocenters. The molecule has 2 atom stereocenters. The summed E-state index contributed by atoms with van der Waals surface area (Å²) in [6.07, 6.45) is 1.00. The van der Waals surface area contributed by atoms with E-state index in [1.165, 1.54) is 5.56 Å². The zero-order chi connectivity index (χ0) is 13.5. The van der Waals surface area contributed by atoms with E-state index in [2.05, 4.69) is 24.4 Å². The molecule has 0 spiro atoms. The van der Waals surface area contributed by atoms with Crippen LogP contribution in [-0.2, 0) is 4.79 Å². The standard InChI is InChI=1S/C15H23NO2/c1-4-12(13-8-6-5-7-9-13)10-16-14(11(2)3)15(17)18/h5-9,11-12,14,16H,4,10H2,1-3H3,(H,17,18)/t12?,14-/m0/s1. The van der Waals surface area contributed by atoms with E-state index in [1.54, 1.807) is 0 Å². The van der Waals surface area contributed by atoms with Crippen LogP contribution in [0.4, 0.5) is 0 Å². The maximum atomic E-state index is 11.1. The van der Waals surface area contributed by atoms with Gasteiger partial charge in [0.1, 0.15) is 6.04 Å². The van der Waals surface area contributed by atoms with E-state index < -0.39 is 12.0 Å². The van der Waals surface area contributed by atoms with E-state index in [1.807, 2.05) is 32.0 Å². The van der Waals surface area contributed by atoms with Gasteiger partial charge in [-0.15, -0.1) is 0 Å². The highest BCUT2D eigenvalue weighted by molar-refractivity contribution is 5.73. The molecule has 0 aromatic heterocycles. The summed E-state index contributed by atoms with van der Waals surface area (Å²) in [4.78, 5) is 11.1. The molecule has 3 nitrogen and oxygen atoms in total. The molecule has 0 radical (unpaired) electrons. The number of hydrogen-bond acceptors (Lipinski definition) is 2. The number of rotatable bonds is 7. The fraction of sp³-hybridized carbons (Fsp3) is 0.533. The quantitative estimate of drug-likeness (QED) is 0.781. The summed E-state index contributed by atoms with van der Waals surface area (Å²) in [5.74, 6) is -0.310. The molecule has 1 aromatic carbocycles. The minimum absolute atomic E-state index is 0.0933. The van der Waals surface area contributed by atoms with Crippen molar-refractivity contribution in [2.75, 3.05) is 6.54 Å². The molecule has 0 saturated heterocycles. The second-order valence-electron chi connectivity index (χ2n) is 4.98. The first-order valence-electron chi connectivity index (χ1n) is 6.57. The predicted octanol–water partition coefficient (Wildman–Crippen LogP) is 2.88. The zero-order valence-electron chi connectivity index (χ0n) is 11.4. The zero-order valence-corrected chi connectivity index (χ0v) is 11.4. The molecule has 1 rings (SSSR count). The summed E-state index contributed by atoms with van der Waals surface area (Å²) in [7, 11) is 0. The molecule has 0 amide bonds. The number of carbonyl (C=O) groups is 1. The Hall–Kier alpha value is -1.35. The van der Waals surface area contributed by atoms with Gasteiger partial charge in [-0.3, -0.25) is 4.79 Å². The van der Waals surface area contributed by atoms with Gasteiger partial charge in [0.25, 0.3) is 0 Å². The molecule has 0 aliphatic rings. The minimum atomic E-state index is -0.770. The van der Waals surface area contributed by atoms with Crippen LogP contribution >= 0.6 is 0 Å². The van der Waals surface area contributed by atoms with Crippen molar-refractivity contribution in [3.8, 4) is 0 Å². The molecule has 0 aliphatic heterocycles. The summed E-state index contributed by atoms with van der Waals surface area (Å²) in [6.45, 7) is 6.69. The van der Waals surface area contributed by atoms with E-state index in [9.17, 15) is 4.79 Å². The Morgan fingerprint density at radius 2 is 1.89 bits per heavy atom. The van der Waals surface area contributed by atoms with Crippen molar-refractivity contribution in [2.45, 2.75) is 39.2 Å². The van der Waals surface area contributed by atoms with Gasteiger partial charge < -0.3 is 10.4 Å². The Kier molecular flexibility index (Phi) is 5.86. The molecule has 0 aliphatic carbocycles. The molecule has 18 heavy (non-hydrogen) atoms. The van der Waals surface area contributed by atoms with E-state index in [4.69, 9.17) is 5.11 Å². The molecular formula is C15H23NO2. The Morgan fingerprint density at radius 1 is 1.28 bits per heavy atom. The number of carboxylic acid groups (broad SMARTS) is 1. The molecule has 0 heterocycles. The highest BCUT2D eigenvalue weighted by atomic mass is 16.4. The van der Waals surface area contributed by atoms with Gasteiger partial charge in [-0.25, -0.2) is 0 Å². The Bertz CT molecular complexity index is 362. The largest absolute Gasteiger partial charge is 0.480 e. The van der Waals surface area contributed by atoms with E-state index in [0.29, 0.717) is 12.5 Å². The monoisotopic (exact) mass is 249 g/mol. The first-order chi connectivity index (χ1) is 8.56. The topological polar surface area (TPSA) is 49.3 Å². The highest BCUT2D eigenvalue weighted by Crippen LogP contribution is 2.18. The van der Waals surface area contributed by atoms with Crippen molar-refractivity contribution < 1.29 is 9.90 Å². The van der Waals surface area contributed by atoms with Gasteiger partial charge in [0, 0.05) is 6.54 Å². The second-order valence-corrected chi connectivity index (χ2v) is 4.98. The molecule has 1 aromatic rings. The average molecular weight is 249 g/mol. The third kappa shape index (κ3) is 4.15. The van der Waals surface area contributed by atoms with Gasteiger partial charge in [0.2, 0.25) is 0 Å². The summed E-state index contributed by atoms with van der Waals surface area (Å²) in [6, 6.07) is 9.77. The molecule has 0 saturated carbocycles. The minimum Gasteiger partial charge on any atom is -0.480 e. The Morgan fingerprint density at radius 3 is 2.33 bits per heavy atom. The summed E-state index contributed by atoms with van der Waals surface area (Å²) >= 11 is 0.